The highest BCUT2D eigenvalue weighted by molar-refractivity contribution is 7.80. The number of allylic oxidation sites excluding steroid dienone is 1. The van der Waals surface area contributed by atoms with Gasteiger partial charge in [0.15, 0.2) is 5.78 Å². The molecule has 3 heterocycles. The maximum atomic E-state index is 13.7. The number of rotatable bonds is 3. The average Bonchev–Trinajstić information content (AvgIpc) is 3.08. The summed E-state index contributed by atoms with van der Waals surface area (Å²) in [6.07, 6.45) is 1.95. The first-order valence-electron chi connectivity index (χ1n) is 11.5. The fourth-order valence-corrected chi connectivity index (χ4v) is 4.79. The highest BCUT2D eigenvalue weighted by Crippen LogP contribution is 2.47. The summed E-state index contributed by atoms with van der Waals surface area (Å²) < 4.78 is 16.2. The molecule has 2 aromatic carbocycles. The number of Topliss-reactive ketones (excluding diaryl/α,β-unsaturated/α-hetero) is 1. The molecule has 0 aliphatic carbocycles. The monoisotopic (exact) mass is 506 g/mol. The summed E-state index contributed by atoms with van der Waals surface area (Å²) in [5, 5.41) is 0.307. The molecule has 186 valence electrons. The second-order valence-corrected chi connectivity index (χ2v) is 9.92. The fraction of sp³-hybridized carbons (Fsp3) is 0.308. The van der Waals surface area contributed by atoms with Crippen LogP contribution in [0.25, 0.3) is 5.69 Å². The Kier molecular flexibility index (Phi) is 5.51. The number of carbonyl (C=O) groups is 1. The molecule has 0 saturated heterocycles. The fourth-order valence-electron chi connectivity index (χ4n) is 4.70. The van der Waals surface area contributed by atoms with Crippen molar-refractivity contribution < 1.29 is 14.3 Å². The maximum Gasteiger partial charge on any atom is 0.352 e. The van der Waals surface area contributed by atoms with Crippen LogP contribution in [0.3, 0.4) is 0 Å². The summed E-state index contributed by atoms with van der Waals surface area (Å²) in [5.74, 6) is 0.971. The predicted molar refractivity (Wildman–Crippen MR) is 139 cm³/mol. The molecule has 0 radical (unpaired) electrons. The molecule has 1 aromatic heterocycles. The lowest BCUT2D eigenvalue weighted by Gasteiger charge is -2.42. The first-order valence-corrected chi connectivity index (χ1v) is 11.9. The van der Waals surface area contributed by atoms with Crippen molar-refractivity contribution in [3.63, 3.8) is 0 Å². The summed E-state index contributed by atoms with van der Waals surface area (Å²) >= 11 is 5.26. The number of thiocarbonyl (C=S) groups is 1. The lowest BCUT2D eigenvalue weighted by Crippen LogP contribution is -2.46. The van der Waals surface area contributed by atoms with Gasteiger partial charge in [0, 0.05) is 31.3 Å². The van der Waals surface area contributed by atoms with Gasteiger partial charge in [-0.3, -0.25) is 4.79 Å². The summed E-state index contributed by atoms with van der Waals surface area (Å²) in [5.41, 5.74) is 0.883. The number of aromatic nitrogens is 3. The molecule has 0 N–H and O–H groups in total. The third-order valence-corrected chi connectivity index (χ3v) is 6.97. The van der Waals surface area contributed by atoms with Crippen LogP contribution in [0, 0.1) is 0 Å². The van der Waals surface area contributed by atoms with Crippen LogP contribution in [0.4, 0.5) is 0 Å². The summed E-state index contributed by atoms with van der Waals surface area (Å²) in [6, 6.07) is 11.3. The molecule has 0 bridgehead atoms. The van der Waals surface area contributed by atoms with Gasteiger partial charge in [-0.05, 0) is 75.0 Å². The van der Waals surface area contributed by atoms with Crippen molar-refractivity contribution in [1.82, 2.24) is 18.8 Å². The van der Waals surface area contributed by atoms with Gasteiger partial charge < -0.3 is 14.4 Å². The molecule has 5 rings (SSSR count). The van der Waals surface area contributed by atoms with Gasteiger partial charge in [-0.2, -0.15) is 0 Å². The molecule has 0 spiro atoms. The van der Waals surface area contributed by atoms with E-state index in [-0.39, 0.29) is 12.3 Å². The number of ketones is 1. The van der Waals surface area contributed by atoms with Gasteiger partial charge in [0.05, 0.1) is 12.2 Å². The van der Waals surface area contributed by atoms with Crippen LogP contribution >= 0.6 is 12.2 Å². The number of carbonyl (C=O) groups excluding carboxylic acids is 1. The molecule has 10 heteroatoms. The van der Waals surface area contributed by atoms with Crippen LogP contribution < -0.4 is 20.9 Å². The molecular weight excluding hydrogens is 480 g/mol. The van der Waals surface area contributed by atoms with Crippen LogP contribution in [0.15, 0.2) is 63.7 Å². The van der Waals surface area contributed by atoms with Gasteiger partial charge in [0.25, 0.3) is 5.17 Å². The van der Waals surface area contributed by atoms with E-state index in [4.69, 9.17) is 21.7 Å². The molecule has 2 aliphatic heterocycles. The van der Waals surface area contributed by atoms with Gasteiger partial charge >= 0.3 is 11.4 Å². The Bertz CT molecular complexity index is 1560. The van der Waals surface area contributed by atoms with Crippen molar-refractivity contribution in [2.45, 2.75) is 39.0 Å². The minimum atomic E-state index is -0.732. The largest absolute Gasteiger partial charge is 0.483 e. The summed E-state index contributed by atoms with van der Waals surface area (Å²) in [4.78, 5) is 40.5. The van der Waals surface area contributed by atoms with Crippen molar-refractivity contribution in [2.24, 2.45) is 0 Å². The Morgan fingerprint density at radius 3 is 2.44 bits per heavy atom. The van der Waals surface area contributed by atoms with Crippen LogP contribution in [-0.2, 0) is 6.54 Å². The molecule has 0 saturated carbocycles. The van der Waals surface area contributed by atoms with E-state index in [9.17, 15) is 14.4 Å². The van der Waals surface area contributed by atoms with Crippen molar-refractivity contribution in [1.29, 1.82) is 0 Å². The number of hydrogen-bond acceptors (Lipinski definition) is 6. The van der Waals surface area contributed by atoms with Gasteiger partial charge in [-0.25, -0.2) is 23.5 Å². The van der Waals surface area contributed by atoms with Gasteiger partial charge in [0.2, 0.25) is 0 Å². The Labute approximate surface area is 212 Å². The molecule has 36 heavy (non-hydrogen) atoms. The first-order chi connectivity index (χ1) is 17.0. The molecule has 0 fully saturated rings. The third kappa shape index (κ3) is 3.69. The Balaban J connectivity index is 1.65. The number of ether oxygens (including phenoxy) is 2. The average molecular weight is 507 g/mol. The van der Waals surface area contributed by atoms with Gasteiger partial charge in [0.1, 0.15) is 23.1 Å². The molecule has 9 nitrogen and oxygen atoms in total. The Morgan fingerprint density at radius 1 is 1.11 bits per heavy atom. The molecule has 1 atom stereocenters. The highest BCUT2D eigenvalue weighted by atomic mass is 32.1. The topological polar surface area (TPSA) is 87.7 Å². The molecule has 1 unspecified atom stereocenters. The van der Waals surface area contributed by atoms with Crippen LogP contribution in [-0.4, -0.2) is 49.5 Å². The number of benzene rings is 2. The standard InChI is InChI=1S/C26H26N4O5S/c1-15(31)16-6-8-17(9-7-16)29-23(32)28-13-12-20-22(30(28)24(29)33)19-11-10-18(34-25(36)27(4)5)14-21(19)35-26(20,2)3/h6-12,14,22H,13H2,1-5H3. The zero-order valence-corrected chi connectivity index (χ0v) is 21.5. The van der Waals surface area contributed by atoms with E-state index in [0.717, 1.165) is 15.7 Å². The Hall–Kier alpha value is -3.92. The van der Waals surface area contributed by atoms with E-state index < -0.39 is 23.0 Å². The highest BCUT2D eigenvalue weighted by Gasteiger charge is 2.44. The van der Waals surface area contributed by atoms with Crippen molar-refractivity contribution in [2.75, 3.05) is 14.1 Å². The molecule has 2 aliphatic rings. The van der Waals surface area contributed by atoms with Gasteiger partial charge in [-0.15, -0.1) is 0 Å². The van der Waals surface area contributed by atoms with E-state index in [1.807, 2.05) is 26.0 Å². The van der Waals surface area contributed by atoms with E-state index in [1.54, 1.807) is 55.4 Å². The number of fused-ring (bicyclic) bond motifs is 5. The minimum Gasteiger partial charge on any atom is -0.483 e. The maximum absolute atomic E-state index is 13.7. The SMILES string of the molecule is CC(=O)c1ccc(-n2c(=O)n3n(c2=O)C2C(=CC3)C(C)(C)Oc3cc(OC(=S)N(C)C)ccc32)cc1. The van der Waals surface area contributed by atoms with E-state index >= 15 is 0 Å². The van der Waals surface area contributed by atoms with Crippen LogP contribution in [0.5, 0.6) is 11.5 Å². The molecule has 3 aromatic rings. The minimum absolute atomic E-state index is 0.0913. The van der Waals surface area contributed by atoms with E-state index in [1.165, 1.54) is 16.3 Å². The van der Waals surface area contributed by atoms with Crippen molar-refractivity contribution >= 4 is 23.2 Å². The normalized spacial score (nSPS) is 17.1. The molecule has 0 amide bonds. The smallest absolute Gasteiger partial charge is 0.352 e. The zero-order valence-electron chi connectivity index (χ0n) is 20.6. The number of nitrogens with zero attached hydrogens (tertiary/aromatic N) is 4. The van der Waals surface area contributed by atoms with E-state index in [0.29, 0.717) is 27.9 Å². The lowest BCUT2D eigenvalue weighted by atomic mass is 9.83. The Morgan fingerprint density at radius 2 is 1.81 bits per heavy atom. The van der Waals surface area contributed by atoms with Gasteiger partial charge in [-0.1, -0.05) is 6.08 Å². The number of hydrogen-bond donors (Lipinski definition) is 0. The second-order valence-electron chi connectivity index (χ2n) is 9.57. The summed E-state index contributed by atoms with van der Waals surface area (Å²) in [6.45, 7) is 5.57. The quantitative estimate of drug-likeness (QED) is 0.307. The first kappa shape index (κ1) is 23.8. The van der Waals surface area contributed by atoms with Crippen LogP contribution in [0.1, 0.15) is 42.7 Å². The van der Waals surface area contributed by atoms with Crippen molar-refractivity contribution in [3.05, 3.63) is 86.2 Å². The predicted octanol–water partition coefficient (Wildman–Crippen LogP) is 2.93. The molecular formula is C26H26N4O5S. The third-order valence-electron chi connectivity index (χ3n) is 6.53. The summed E-state index contributed by atoms with van der Waals surface area (Å²) in [7, 11) is 3.59. The second kappa shape index (κ2) is 8.34. The van der Waals surface area contributed by atoms with E-state index in [2.05, 4.69) is 0 Å². The van der Waals surface area contributed by atoms with Crippen LogP contribution in [0.2, 0.25) is 0 Å². The zero-order chi connectivity index (χ0) is 25.9. The van der Waals surface area contributed by atoms with Crippen molar-refractivity contribution in [3.8, 4) is 17.2 Å². The lowest BCUT2D eigenvalue weighted by molar-refractivity contribution is 0.101.